The number of rotatable bonds is 9. The Balaban J connectivity index is 2.70. The molecule has 0 aliphatic carbocycles. The van der Waals surface area contributed by atoms with E-state index < -0.39 is 12.1 Å². The van der Waals surface area contributed by atoms with E-state index in [1.54, 1.807) is 24.3 Å². The number of carbonyl (C=O) groups excluding carboxylic acids is 2. The molecule has 0 saturated heterocycles. The Morgan fingerprint density at radius 1 is 1.26 bits per heavy atom. The van der Waals surface area contributed by atoms with Crippen molar-refractivity contribution < 1.29 is 14.3 Å². The molecule has 0 fully saturated rings. The summed E-state index contributed by atoms with van der Waals surface area (Å²) in [5.41, 5.74) is 11.9. The van der Waals surface area contributed by atoms with Crippen LogP contribution in [0.1, 0.15) is 30.9 Å². The summed E-state index contributed by atoms with van der Waals surface area (Å²) < 4.78 is 4.88. The lowest BCUT2D eigenvalue weighted by atomic mass is 9.97. The molecule has 0 aromatic heterocycles. The van der Waals surface area contributed by atoms with Crippen LogP contribution in [0.3, 0.4) is 0 Å². The van der Waals surface area contributed by atoms with Gasteiger partial charge in [0.15, 0.2) is 11.9 Å². The summed E-state index contributed by atoms with van der Waals surface area (Å²) in [4.78, 5) is 22.7. The average Bonchev–Trinajstić information content (AvgIpc) is 2.45. The van der Waals surface area contributed by atoms with E-state index in [9.17, 15) is 9.59 Å². The summed E-state index contributed by atoms with van der Waals surface area (Å²) in [6, 6.07) is 8.22. The van der Waals surface area contributed by atoms with Gasteiger partial charge in [0.25, 0.3) is 6.47 Å². The van der Waals surface area contributed by atoms with Crippen LogP contribution in [0.5, 0.6) is 0 Å². The third-order valence-electron chi connectivity index (χ3n) is 2.89. The van der Waals surface area contributed by atoms with Crippen molar-refractivity contribution in [3.05, 3.63) is 35.9 Å². The van der Waals surface area contributed by atoms with Gasteiger partial charge < -0.3 is 16.2 Å². The summed E-state index contributed by atoms with van der Waals surface area (Å²) in [5.74, 6) is -0.282. The fraction of sp³-hybridized carbons (Fsp3) is 0.429. The zero-order valence-corrected chi connectivity index (χ0v) is 10.8. The molecule has 0 radical (unpaired) electrons. The zero-order valence-electron chi connectivity index (χ0n) is 10.8. The Morgan fingerprint density at radius 3 is 2.53 bits per heavy atom. The molecule has 104 valence electrons. The molecule has 0 spiro atoms. The summed E-state index contributed by atoms with van der Waals surface area (Å²) in [6.45, 7) is 0.857. The lowest BCUT2D eigenvalue weighted by Gasteiger charge is -2.18. The van der Waals surface area contributed by atoms with Gasteiger partial charge in [-0.15, -0.1) is 0 Å². The van der Waals surface area contributed by atoms with Gasteiger partial charge in [0.2, 0.25) is 0 Å². The Labute approximate surface area is 112 Å². The van der Waals surface area contributed by atoms with Crippen LogP contribution in [-0.2, 0) is 14.3 Å². The van der Waals surface area contributed by atoms with Crippen molar-refractivity contribution in [2.24, 2.45) is 11.5 Å². The van der Waals surface area contributed by atoms with E-state index in [0.29, 0.717) is 18.5 Å². The van der Waals surface area contributed by atoms with Crippen LogP contribution in [0, 0.1) is 0 Å². The molecule has 0 amide bonds. The summed E-state index contributed by atoms with van der Waals surface area (Å²) in [6.07, 6.45) is 1.23. The van der Waals surface area contributed by atoms with Gasteiger partial charge in [-0.3, -0.25) is 9.59 Å². The maximum absolute atomic E-state index is 12.2. The minimum atomic E-state index is -0.924. The van der Waals surface area contributed by atoms with Crippen molar-refractivity contribution in [1.82, 2.24) is 0 Å². The van der Waals surface area contributed by atoms with Gasteiger partial charge in [-0.1, -0.05) is 36.8 Å². The monoisotopic (exact) mass is 264 g/mol. The van der Waals surface area contributed by atoms with E-state index in [4.69, 9.17) is 16.2 Å². The summed E-state index contributed by atoms with van der Waals surface area (Å²) in [7, 11) is 0. The Hall–Kier alpha value is -1.72. The highest BCUT2D eigenvalue weighted by Crippen LogP contribution is 2.19. The second-order valence-electron chi connectivity index (χ2n) is 4.32. The molecule has 0 heterocycles. The molecule has 5 heteroatoms. The number of ketones is 1. The highest BCUT2D eigenvalue weighted by atomic mass is 16.5. The average molecular weight is 264 g/mol. The van der Waals surface area contributed by atoms with Gasteiger partial charge in [0.1, 0.15) is 0 Å². The molecule has 5 nitrogen and oxygen atoms in total. The second kappa shape index (κ2) is 8.39. The number of hydrogen-bond acceptors (Lipinski definition) is 5. The van der Waals surface area contributed by atoms with E-state index >= 15 is 0 Å². The van der Waals surface area contributed by atoms with Gasteiger partial charge in [0, 0.05) is 5.56 Å². The number of Topliss-reactive ketones (excluding diaryl/α,β-unsaturated/α-hetero) is 1. The molecule has 1 aromatic rings. The molecule has 1 aromatic carbocycles. The zero-order chi connectivity index (χ0) is 14.1. The fourth-order valence-electron chi connectivity index (χ4n) is 1.84. The number of carbonyl (C=O) groups is 2. The van der Waals surface area contributed by atoms with Crippen molar-refractivity contribution in [2.75, 3.05) is 6.54 Å². The number of unbranched alkanes of at least 4 members (excludes halogenated alkanes) is 1. The first-order valence-electron chi connectivity index (χ1n) is 6.34. The molecular formula is C14H20N2O3. The molecule has 0 aliphatic rings. The standard InChI is InChI=1S/C14H20N2O3/c15-9-5-4-8-12(16)13(18)14(19-10-17)11-6-2-1-3-7-11/h1-3,6-7,10,12,14H,4-5,8-9,15-16H2/t12-,14?/m0/s1. The van der Waals surface area contributed by atoms with E-state index in [1.807, 2.05) is 6.07 Å². The van der Waals surface area contributed by atoms with Gasteiger partial charge in [-0.2, -0.15) is 0 Å². The van der Waals surface area contributed by atoms with Crippen LogP contribution < -0.4 is 11.5 Å². The molecule has 1 rings (SSSR count). The molecule has 2 atom stereocenters. The molecule has 0 saturated carbocycles. The lowest BCUT2D eigenvalue weighted by molar-refractivity contribution is -0.145. The number of ether oxygens (including phenoxy) is 1. The fourth-order valence-corrected chi connectivity index (χ4v) is 1.84. The highest BCUT2D eigenvalue weighted by molar-refractivity contribution is 5.89. The van der Waals surface area contributed by atoms with Gasteiger partial charge >= 0.3 is 0 Å². The van der Waals surface area contributed by atoms with Crippen molar-refractivity contribution in [1.29, 1.82) is 0 Å². The van der Waals surface area contributed by atoms with E-state index in [1.165, 1.54) is 0 Å². The van der Waals surface area contributed by atoms with Crippen LogP contribution in [0.25, 0.3) is 0 Å². The largest absolute Gasteiger partial charge is 0.452 e. The number of hydrogen-bond donors (Lipinski definition) is 2. The lowest BCUT2D eigenvalue weighted by Crippen LogP contribution is -2.35. The van der Waals surface area contributed by atoms with Crippen LogP contribution in [0.2, 0.25) is 0 Å². The maximum Gasteiger partial charge on any atom is 0.294 e. The van der Waals surface area contributed by atoms with E-state index in [-0.39, 0.29) is 12.3 Å². The van der Waals surface area contributed by atoms with Crippen molar-refractivity contribution >= 4 is 12.3 Å². The Kier molecular flexibility index (Phi) is 6.78. The first-order valence-corrected chi connectivity index (χ1v) is 6.34. The quantitative estimate of drug-likeness (QED) is 0.511. The minimum absolute atomic E-state index is 0.280. The topological polar surface area (TPSA) is 95.4 Å². The molecule has 19 heavy (non-hydrogen) atoms. The highest BCUT2D eigenvalue weighted by Gasteiger charge is 2.26. The number of nitrogens with two attached hydrogens (primary N) is 2. The van der Waals surface area contributed by atoms with Crippen LogP contribution in [-0.4, -0.2) is 24.8 Å². The predicted octanol–water partition coefficient (Wildman–Crippen LogP) is 0.926. The smallest absolute Gasteiger partial charge is 0.294 e. The van der Waals surface area contributed by atoms with Crippen LogP contribution in [0.15, 0.2) is 30.3 Å². The minimum Gasteiger partial charge on any atom is -0.452 e. The van der Waals surface area contributed by atoms with Crippen molar-refractivity contribution in [2.45, 2.75) is 31.4 Å². The first kappa shape index (κ1) is 15.3. The first-order chi connectivity index (χ1) is 9.20. The predicted molar refractivity (Wildman–Crippen MR) is 72.2 cm³/mol. The van der Waals surface area contributed by atoms with E-state index in [2.05, 4.69) is 0 Å². The molecule has 1 unspecified atom stereocenters. The van der Waals surface area contributed by atoms with Gasteiger partial charge in [-0.05, 0) is 19.4 Å². The number of benzene rings is 1. The van der Waals surface area contributed by atoms with Gasteiger partial charge in [-0.25, -0.2) is 0 Å². The Morgan fingerprint density at radius 2 is 1.95 bits per heavy atom. The van der Waals surface area contributed by atoms with E-state index in [0.717, 1.165) is 12.8 Å². The SMILES string of the molecule is NCCCC[C@H](N)C(=O)C(OC=O)c1ccccc1. The summed E-state index contributed by atoms with van der Waals surface area (Å²) >= 11 is 0. The van der Waals surface area contributed by atoms with Crippen LogP contribution >= 0.6 is 0 Å². The molecular weight excluding hydrogens is 244 g/mol. The second-order valence-corrected chi connectivity index (χ2v) is 4.32. The van der Waals surface area contributed by atoms with Gasteiger partial charge in [0.05, 0.1) is 6.04 Å². The molecule has 0 bridgehead atoms. The van der Waals surface area contributed by atoms with Crippen molar-refractivity contribution in [3.8, 4) is 0 Å². The Bertz CT molecular complexity index is 395. The third-order valence-corrected chi connectivity index (χ3v) is 2.89. The normalized spacial score (nSPS) is 13.6. The third kappa shape index (κ3) is 4.81. The molecule has 4 N–H and O–H groups in total. The van der Waals surface area contributed by atoms with Crippen LogP contribution in [0.4, 0.5) is 0 Å². The molecule has 0 aliphatic heterocycles. The summed E-state index contributed by atoms with van der Waals surface area (Å²) in [5, 5.41) is 0. The van der Waals surface area contributed by atoms with Crippen molar-refractivity contribution in [3.63, 3.8) is 0 Å². The maximum atomic E-state index is 12.2.